The number of benzene rings is 1. The van der Waals surface area contributed by atoms with Crippen molar-refractivity contribution in [2.45, 2.75) is 26.8 Å². The van der Waals surface area contributed by atoms with Crippen molar-refractivity contribution < 1.29 is 14.7 Å². The minimum atomic E-state index is -1.25. The standard InChI is InChI=1S/C21H19N3O4/c1-12-6-7-16-17(22-12)4-3-5-18(16)24-11-14-10-23(13(2)25)9-8-15(14)19(20(24)26)21(27)28/h3-7,11H,8-10H2,1-2H3,(H,27,28). The summed E-state index contributed by atoms with van der Waals surface area (Å²) in [5.41, 5.74) is 2.54. The van der Waals surface area contributed by atoms with E-state index in [2.05, 4.69) is 4.98 Å². The number of hydrogen-bond acceptors (Lipinski definition) is 4. The molecule has 1 aliphatic rings. The number of aromatic nitrogens is 2. The second-order valence-electron chi connectivity index (χ2n) is 6.98. The van der Waals surface area contributed by atoms with Crippen molar-refractivity contribution in [2.24, 2.45) is 0 Å². The molecule has 0 spiro atoms. The van der Waals surface area contributed by atoms with Gasteiger partial charge in [-0.1, -0.05) is 6.07 Å². The van der Waals surface area contributed by atoms with Gasteiger partial charge in [0.25, 0.3) is 5.56 Å². The maximum absolute atomic E-state index is 13.1. The van der Waals surface area contributed by atoms with Gasteiger partial charge in [-0.25, -0.2) is 4.79 Å². The molecule has 0 unspecified atom stereocenters. The second-order valence-corrected chi connectivity index (χ2v) is 6.98. The number of carboxylic acid groups (broad SMARTS) is 1. The van der Waals surface area contributed by atoms with E-state index < -0.39 is 11.5 Å². The minimum Gasteiger partial charge on any atom is -0.477 e. The number of aryl methyl sites for hydroxylation is 1. The SMILES string of the molecule is CC(=O)N1CCc2c(cn(-c3cccc4nc(C)ccc34)c(=O)c2C(=O)O)C1. The third kappa shape index (κ3) is 2.85. The molecule has 0 atom stereocenters. The van der Waals surface area contributed by atoms with Gasteiger partial charge < -0.3 is 10.0 Å². The monoisotopic (exact) mass is 377 g/mol. The lowest BCUT2D eigenvalue weighted by molar-refractivity contribution is -0.129. The van der Waals surface area contributed by atoms with Crippen molar-refractivity contribution in [3.63, 3.8) is 0 Å². The Balaban J connectivity index is 2.00. The Hall–Kier alpha value is -3.48. The number of fused-ring (bicyclic) bond motifs is 2. The van der Waals surface area contributed by atoms with E-state index in [1.54, 1.807) is 23.2 Å². The molecule has 0 fully saturated rings. The van der Waals surface area contributed by atoms with Crippen molar-refractivity contribution in [1.29, 1.82) is 0 Å². The van der Waals surface area contributed by atoms with Crippen LogP contribution in [0.15, 0.2) is 41.3 Å². The summed E-state index contributed by atoms with van der Waals surface area (Å²) in [6.07, 6.45) is 2.01. The van der Waals surface area contributed by atoms with E-state index in [9.17, 15) is 19.5 Å². The molecule has 0 saturated heterocycles. The number of carbonyl (C=O) groups is 2. The van der Waals surface area contributed by atoms with Crippen LogP contribution in [0.3, 0.4) is 0 Å². The molecule has 7 nitrogen and oxygen atoms in total. The molecule has 0 saturated carbocycles. The third-order valence-corrected chi connectivity index (χ3v) is 5.17. The zero-order valence-corrected chi connectivity index (χ0v) is 15.6. The summed E-state index contributed by atoms with van der Waals surface area (Å²) >= 11 is 0. The Morgan fingerprint density at radius 1 is 1.18 bits per heavy atom. The van der Waals surface area contributed by atoms with Gasteiger partial charge in [-0.3, -0.25) is 19.1 Å². The van der Waals surface area contributed by atoms with Gasteiger partial charge >= 0.3 is 5.97 Å². The van der Waals surface area contributed by atoms with Crippen LogP contribution in [0.1, 0.15) is 34.1 Å². The van der Waals surface area contributed by atoms with E-state index in [4.69, 9.17) is 0 Å². The van der Waals surface area contributed by atoms with Crippen molar-refractivity contribution in [3.8, 4) is 5.69 Å². The molecule has 0 bridgehead atoms. The molecule has 1 aromatic carbocycles. The average Bonchev–Trinajstić information content (AvgIpc) is 2.66. The van der Waals surface area contributed by atoms with Gasteiger partial charge in [0.2, 0.25) is 5.91 Å². The number of rotatable bonds is 2. The third-order valence-electron chi connectivity index (χ3n) is 5.17. The fourth-order valence-corrected chi connectivity index (χ4v) is 3.77. The summed E-state index contributed by atoms with van der Waals surface area (Å²) < 4.78 is 1.37. The van der Waals surface area contributed by atoms with E-state index in [0.717, 1.165) is 16.6 Å². The highest BCUT2D eigenvalue weighted by molar-refractivity contribution is 5.91. The first-order valence-electron chi connectivity index (χ1n) is 9.00. The molecular weight excluding hydrogens is 358 g/mol. The Morgan fingerprint density at radius 2 is 1.96 bits per heavy atom. The molecule has 1 N–H and O–H groups in total. The first kappa shape index (κ1) is 17.9. The van der Waals surface area contributed by atoms with Crippen LogP contribution < -0.4 is 5.56 Å². The minimum absolute atomic E-state index is 0.0786. The molecule has 142 valence electrons. The first-order valence-corrected chi connectivity index (χ1v) is 9.00. The maximum atomic E-state index is 13.1. The quantitative estimate of drug-likeness (QED) is 0.740. The molecule has 3 heterocycles. The van der Waals surface area contributed by atoms with Crippen LogP contribution in [0.2, 0.25) is 0 Å². The maximum Gasteiger partial charge on any atom is 0.341 e. The summed E-state index contributed by atoms with van der Waals surface area (Å²) in [6, 6.07) is 9.14. The molecule has 0 aliphatic carbocycles. The van der Waals surface area contributed by atoms with Crippen molar-refractivity contribution in [2.75, 3.05) is 6.54 Å². The highest BCUT2D eigenvalue weighted by Crippen LogP contribution is 2.25. The molecular formula is C21H19N3O4. The summed E-state index contributed by atoms with van der Waals surface area (Å²) in [5.74, 6) is -1.33. The van der Waals surface area contributed by atoms with E-state index in [1.165, 1.54) is 11.5 Å². The van der Waals surface area contributed by atoms with E-state index in [1.807, 2.05) is 25.1 Å². The Kier molecular flexibility index (Phi) is 4.22. The van der Waals surface area contributed by atoms with Gasteiger partial charge in [0.15, 0.2) is 0 Å². The molecule has 4 rings (SSSR count). The van der Waals surface area contributed by atoms with E-state index in [0.29, 0.717) is 29.8 Å². The highest BCUT2D eigenvalue weighted by atomic mass is 16.4. The van der Waals surface area contributed by atoms with Crippen LogP contribution >= 0.6 is 0 Å². The van der Waals surface area contributed by atoms with Crippen LogP contribution in [0.25, 0.3) is 16.6 Å². The lowest BCUT2D eigenvalue weighted by Crippen LogP contribution is -2.38. The number of nitrogens with zero attached hydrogens (tertiary/aromatic N) is 3. The molecule has 0 radical (unpaired) electrons. The van der Waals surface area contributed by atoms with Gasteiger partial charge in [0.05, 0.1) is 11.2 Å². The van der Waals surface area contributed by atoms with Gasteiger partial charge in [-0.2, -0.15) is 0 Å². The molecule has 28 heavy (non-hydrogen) atoms. The van der Waals surface area contributed by atoms with Crippen LogP contribution in [0.4, 0.5) is 0 Å². The zero-order chi connectivity index (χ0) is 20.0. The summed E-state index contributed by atoms with van der Waals surface area (Å²) in [4.78, 5) is 42.9. The fraction of sp³-hybridized carbons (Fsp3) is 0.238. The topological polar surface area (TPSA) is 92.5 Å². The number of amides is 1. The largest absolute Gasteiger partial charge is 0.477 e. The lowest BCUT2D eigenvalue weighted by atomic mass is 9.96. The number of pyridine rings is 2. The summed E-state index contributed by atoms with van der Waals surface area (Å²) in [6.45, 7) is 4.06. The predicted molar refractivity (Wildman–Crippen MR) is 104 cm³/mol. The van der Waals surface area contributed by atoms with Crippen molar-refractivity contribution in [3.05, 3.63) is 69.3 Å². The van der Waals surface area contributed by atoms with E-state index >= 15 is 0 Å². The Bertz CT molecular complexity index is 1200. The summed E-state index contributed by atoms with van der Waals surface area (Å²) in [7, 11) is 0. The molecule has 7 heteroatoms. The van der Waals surface area contributed by atoms with Crippen LogP contribution in [0, 0.1) is 6.92 Å². The number of hydrogen-bond donors (Lipinski definition) is 1. The van der Waals surface area contributed by atoms with Crippen LogP contribution in [-0.4, -0.2) is 38.0 Å². The number of carbonyl (C=O) groups excluding carboxylic acids is 1. The Morgan fingerprint density at radius 3 is 2.68 bits per heavy atom. The average molecular weight is 377 g/mol. The summed E-state index contributed by atoms with van der Waals surface area (Å²) in [5, 5.41) is 10.5. The Labute approximate surface area is 160 Å². The molecule has 2 aromatic heterocycles. The van der Waals surface area contributed by atoms with Gasteiger partial charge in [-0.05, 0) is 48.7 Å². The number of aromatic carboxylic acids is 1. The van der Waals surface area contributed by atoms with E-state index in [-0.39, 0.29) is 18.0 Å². The lowest BCUT2D eigenvalue weighted by Gasteiger charge is -2.29. The molecule has 1 aliphatic heterocycles. The van der Waals surface area contributed by atoms with Crippen LogP contribution in [0.5, 0.6) is 0 Å². The molecule has 3 aromatic rings. The van der Waals surface area contributed by atoms with Gasteiger partial charge in [-0.15, -0.1) is 0 Å². The zero-order valence-electron chi connectivity index (χ0n) is 15.6. The van der Waals surface area contributed by atoms with Gasteiger partial charge in [0.1, 0.15) is 5.56 Å². The molecule has 1 amide bonds. The smallest absolute Gasteiger partial charge is 0.341 e. The van der Waals surface area contributed by atoms with Crippen molar-refractivity contribution in [1.82, 2.24) is 14.5 Å². The number of carboxylic acids is 1. The van der Waals surface area contributed by atoms with Gasteiger partial charge in [0, 0.05) is 37.3 Å². The van der Waals surface area contributed by atoms with Crippen LogP contribution in [-0.2, 0) is 17.8 Å². The fourth-order valence-electron chi connectivity index (χ4n) is 3.77. The highest BCUT2D eigenvalue weighted by Gasteiger charge is 2.27. The first-order chi connectivity index (χ1) is 13.4. The second kappa shape index (κ2) is 6.60. The normalized spacial score (nSPS) is 13.4. The predicted octanol–water partition coefficient (Wildman–Crippen LogP) is 2.30. The van der Waals surface area contributed by atoms with Crippen molar-refractivity contribution >= 4 is 22.8 Å².